The number of halogens is 1. The predicted molar refractivity (Wildman–Crippen MR) is 87.3 cm³/mol. The molecule has 4 heteroatoms. The highest BCUT2D eigenvalue weighted by molar-refractivity contribution is 9.10. The Balaban J connectivity index is 2.50. The van der Waals surface area contributed by atoms with Gasteiger partial charge >= 0.3 is 0 Å². The molecule has 0 bridgehead atoms. The summed E-state index contributed by atoms with van der Waals surface area (Å²) in [4.78, 5) is 12.1. The van der Waals surface area contributed by atoms with Crippen molar-refractivity contribution in [2.75, 3.05) is 6.54 Å². The van der Waals surface area contributed by atoms with Gasteiger partial charge in [-0.3, -0.25) is 4.79 Å². The fourth-order valence-corrected chi connectivity index (χ4v) is 2.59. The molecular weight excluding hydrogens is 316 g/mol. The second kappa shape index (κ2) is 8.42. The fourth-order valence-electron chi connectivity index (χ4n) is 2.33. The number of benzene rings is 1. The molecular formula is C16H25BrN2O. The summed E-state index contributed by atoms with van der Waals surface area (Å²) in [7, 11) is 0. The SMILES string of the molecule is CC(C)C[C@H](CN)CC(=O)N[C@H](C)c1ccc(Br)cc1. The van der Waals surface area contributed by atoms with Crippen LogP contribution in [0.4, 0.5) is 0 Å². The topological polar surface area (TPSA) is 55.1 Å². The zero-order chi connectivity index (χ0) is 15.1. The molecule has 2 atom stereocenters. The monoisotopic (exact) mass is 340 g/mol. The minimum absolute atomic E-state index is 0.0214. The van der Waals surface area contributed by atoms with Crippen molar-refractivity contribution in [3.8, 4) is 0 Å². The van der Waals surface area contributed by atoms with Gasteiger partial charge < -0.3 is 11.1 Å². The van der Waals surface area contributed by atoms with E-state index in [0.29, 0.717) is 18.9 Å². The average Bonchev–Trinajstić information content (AvgIpc) is 2.37. The number of rotatable bonds is 7. The van der Waals surface area contributed by atoms with Gasteiger partial charge in [-0.05, 0) is 49.4 Å². The maximum atomic E-state index is 12.1. The lowest BCUT2D eigenvalue weighted by molar-refractivity contribution is -0.122. The molecule has 0 unspecified atom stereocenters. The Labute approximate surface area is 130 Å². The van der Waals surface area contributed by atoms with Crippen molar-refractivity contribution < 1.29 is 4.79 Å². The third kappa shape index (κ3) is 6.06. The van der Waals surface area contributed by atoms with Crippen molar-refractivity contribution in [3.05, 3.63) is 34.3 Å². The smallest absolute Gasteiger partial charge is 0.220 e. The molecule has 0 radical (unpaired) electrons. The molecule has 0 aliphatic rings. The van der Waals surface area contributed by atoms with Crippen LogP contribution in [0, 0.1) is 11.8 Å². The van der Waals surface area contributed by atoms with Gasteiger partial charge in [0.1, 0.15) is 0 Å². The summed E-state index contributed by atoms with van der Waals surface area (Å²) in [6, 6.07) is 8.03. The van der Waals surface area contributed by atoms with Gasteiger partial charge in [-0.2, -0.15) is 0 Å². The molecule has 0 heterocycles. The highest BCUT2D eigenvalue weighted by atomic mass is 79.9. The summed E-state index contributed by atoms with van der Waals surface area (Å²) >= 11 is 3.41. The first-order valence-electron chi connectivity index (χ1n) is 7.17. The van der Waals surface area contributed by atoms with Crippen LogP contribution in [0.15, 0.2) is 28.7 Å². The summed E-state index contributed by atoms with van der Waals surface area (Å²) in [5, 5.41) is 3.04. The molecule has 0 saturated carbocycles. The Kier molecular flexibility index (Phi) is 7.24. The first-order valence-corrected chi connectivity index (χ1v) is 7.96. The first kappa shape index (κ1) is 17.2. The number of nitrogens with two attached hydrogens (primary N) is 1. The summed E-state index contributed by atoms with van der Waals surface area (Å²) in [6.45, 7) is 6.88. The molecule has 1 amide bonds. The van der Waals surface area contributed by atoms with Crippen molar-refractivity contribution >= 4 is 21.8 Å². The molecule has 20 heavy (non-hydrogen) atoms. The molecule has 3 nitrogen and oxygen atoms in total. The van der Waals surface area contributed by atoms with E-state index in [1.807, 2.05) is 31.2 Å². The summed E-state index contributed by atoms with van der Waals surface area (Å²) in [5.41, 5.74) is 6.85. The van der Waals surface area contributed by atoms with Crippen LogP contribution in [-0.2, 0) is 4.79 Å². The zero-order valence-electron chi connectivity index (χ0n) is 12.5. The van der Waals surface area contributed by atoms with E-state index in [9.17, 15) is 4.79 Å². The van der Waals surface area contributed by atoms with Crippen molar-refractivity contribution in [3.63, 3.8) is 0 Å². The predicted octanol–water partition coefficient (Wildman–Crippen LogP) is 3.64. The highest BCUT2D eigenvalue weighted by Gasteiger charge is 2.16. The Hall–Kier alpha value is -0.870. The van der Waals surface area contributed by atoms with E-state index in [4.69, 9.17) is 5.73 Å². The molecule has 0 spiro atoms. The normalized spacial score (nSPS) is 14.1. The van der Waals surface area contributed by atoms with Gasteiger partial charge in [-0.25, -0.2) is 0 Å². The molecule has 1 aromatic rings. The van der Waals surface area contributed by atoms with Crippen LogP contribution >= 0.6 is 15.9 Å². The number of amides is 1. The van der Waals surface area contributed by atoms with E-state index in [1.54, 1.807) is 0 Å². The van der Waals surface area contributed by atoms with Crippen LogP contribution in [0.3, 0.4) is 0 Å². The Bertz CT molecular complexity index is 417. The van der Waals surface area contributed by atoms with Gasteiger partial charge in [0.15, 0.2) is 0 Å². The number of nitrogens with one attached hydrogen (secondary N) is 1. The maximum absolute atomic E-state index is 12.1. The van der Waals surface area contributed by atoms with Gasteiger partial charge in [0.25, 0.3) is 0 Å². The molecule has 0 aliphatic heterocycles. The molecule has 1 rings (SSSR count). The van der Waals surface area contributed by atoms with E-state index >= 15 is 0 Å². The van der Waals surface area contributed by atoms with Crippen LogP contribution < -0.4 is 11.1 Å². The van der Waals surface area contributed by atoms with Crippen molar-refractivity contribution in [2.24, 2.45) is 17.6 Å². The van der Waals surface area contributed by atoms with Crippen LogP contribution in [0.1, 0.15) is 45.2 Å². The number of carbonyl (C=O) groups excluding carboxylic acids is 1. The number of carbonyl (C=O) groups is 1. The fraction of sp³-hybridized carbons (Fsp3) is 0.562. The van der Waals surface area contributed by atoms with E-state index in [1.165, 1.54) is 0 Å². The van der Waals surface area contributed by atoms with Gasteiger partial charge in [-0.1, -0.05) is 41.9 Å². The van der Waals surface area contributed by atoms with Gasteiger partial charge in [0, 0.05) is 10.9 Å². The second-order valence-corrected chi connectivity index (χ2v) is 6.69. The van der Waals surface area contributed by atoms with Gasteiger partial charge in [0.05, 0.1) is 6.04 Å². The Morgan fingerprint density at radius 2 is 1.85 bits per heavy atom. The molecule has 112 valence electrons. The van der Waals surface area contributed by atoms with Crippen LogP contribution in [0.5, 0.6) is 0 Å². The third-order valence-corrected chi connectivity index (χ3v) is 3.89. The lowest BCUT2D eigenvalue weighted by atomic mass is 9.94. The first-order chi connectivity index (χ1) is 9.42. The van der Waals surface area contributed by atoms with Crippen LogP contribution in [0.2, 0.25) is 0 Å². The van der Waals surface area contributed by atoms with Crippen LogP contribution in [-0.4, -0.2) is 12.5 Å². The Morgan fingerprint density at radius 1 is 1.25 bits per heavy atom. The lowest BCUT2D eigenvalue weighted by Gasteiger charge is -2.19. The zero-order valence-corrected chi connectivity index (χ0v) is 14.1. The average molecular weight is 341 g/mol. The van der Waals surface area contributed by atoms with E-state index < -0.39 is 0 Å². The standard InChI is InChI=1S/C16H25BrN2O/c1-11(2)8-13(10-18)9-16(20)19-12(3)14-4-6-15(17)7-5-14/h4-7,11-13H,8-10,18H2,1-3H3,(H,19,20)/t12-,13+/m1/s1. The minimum atomic E-state index is 0.0214. The molecule has 0 aliphatic carbocycles. The van der Waals surface area contributed by atoms with Crippen molar-refractivity contribution in [1.29, 1.82) is 0 Å². The quantitative estimate of drug-likeness (QED) is 0.796. The lowest BCUT2D eigenvalue weighted by Crippen LogP contribution is -2.30. The van der Waals surface area contributed by atoms with Gasteiger partial charge in [0.2, 0.25) is 5.91 Å². The highest BCUT2D eigenvalue weighted by Crippen LogP contribution is 2.18. The number of hydrogen-bond acceptors (Lipinski definition) is 2. The van der Waals surface area contributed by atoms with Crippen molar-refractivity contribution in [1.82, 2.24) is 5.32 Å². The summed E-state index contributed by atoms with van der Waals surface area (Å²) in [5.74, 6) is 0.920. The summed E-state index contributed by atoms with van der Waals surface area (Å²) in [6.07, 6.45) is 1.51. The van der Waals surface area contributed by atoms with Gasteiger partial charge in [-0.15, -0.1) is 0 Å². The molecule has 1 aromatic carbocycles. The second-order valence-electron chi connectivity index (χ2n) is 5.78. The minimum Gasteiger partial charge on any atom is -0.350 e. The van der Waals surface area contributed by atoms with Crippen LogP contribution in [0.25, 0.3) is 0 Å². The molecule has 0 fully saturated rings. The molecule has 3 N–H and O–H groups in total. The van der Waals surface area contributed by atoms with E-state index in [-0.39, 0.29) is 17.9 Å². The van der Waals surface area contributed by atoms with Crippen molar-refractivity contribution in [2.45, 2.75) is 39.7 Å². The largest absolute Gasteiger partial charge is 0.350 e. The third-order valence-electron chi connectivity index (χ3n) is 3.36. The summed E-state index contributed by atoms with van der Waals surface area (Å²) < 4.78 is 1.04. The Morgan fingerprint density at radius 3 is 2.35 bits per heavy atom. The number of hydrogen-bond donors (Lipinski definition) is 2. The van der Waals surface area contributed by atoms with E-state index in [0.717, 1.165) is 16.5 Å². The van der Waals surface area contributed by atoms with E-state index in [2.05, 4.69) is 35.1 Å². The molecule has 0 saturated heterocycles. The molecule has 0 aromatic heterocycles. The maximum Gasteiger partial charge on any atom is 0.220 e.